The predicted octanol–water partition coefficient (Wildman–Crippen LogP) is 1.12. The highest BCUT2D eigenvalue weighted by Gasteiger charge is 2.22. The van der Waals surface area contributed by atoms with E-state index in [1.54, 1.807) is 31.3 Å². The van der Waals surface area contributed by atoms with Gasteiger partial charge in [-0.2, -0.15) is 4.31 Å². The molecule has 6 heteroatoms. The molecule has 1 aromatic rings. The van der Waals surface area contributed by atoms with Crippen molar-refractivity contribution in [1.82, 2.24) is 4.31 Å². The molecule has 0 saturated heterocycles. The highest BCUT2D eigenvalue weighted by Crippen LogP contribution is 2.18. The van der Waals surface area contributed by atoms with Crippen LogP contribution in [-0.2, 0) is 10.0 Å². The van der Waals surface area contributed by atoms with Crippen LogP contribution in [0.1, 0.15) is 13.3 Å². The second-order valence-corrected chi connectivity index (χ2v) is 5.84. The number of aliphatic hydroxyl groups excluding tert-OH is 1. The predicted molar refractivity (Wildman–Crippen MR) is 72.1 cm³/mol. The third-order valence-electron chi connectivity index (χ3n) is 2.60. The molecule has 5 nitrogen and oxygen atoms in total. The molecule has 0 aliphatic rings. The van der Waals surface area contributed by atoms with Crippen LogP contribution < -0.4 is 5.32 Å². The molecule has 0 spiro atoms. The molecule has 0 aromatic heterocycles. The minimum Gasteiger partial charge on any atom is -0.395 e. The largest absolute Gasteiger partial charge is 0.395 e. The Balaban J connectivity index is 3.01. The average Bonchev–Trinajstić information content (AvgIpc) is 2.38. The summed E-state index contributed by atoms with van der Waals surface area (Å²) in [5, 5.41) is 11.9. The summed E-state index contributed by atoms with van der Waals surface area (Å²) in [7, 11) is -1.73. The summed E-state index contributed by atoms with van der Waals surface area (Å²) >= 11 is 0. The van der Waals surface area contributed by atoms with Gasteiger partial charge in [-0.25, -0.2) is 8.42 Å². The molecule has 18 heavy (non-hydrogen) atoms. The summed E-state index contributed by atoms with van der Waals surface area (Å²) in [6, 6.07) is 6.58. The zero-order valence-electron chi connectivity index (χ0n) is 10.8. The molecule has 0 saturated carbocycles. The number of sulfonamides is 1. The van der Waals surface area contributed by atoms with Gasteiger partial charge in [-0.3, -0.25) is 0 Å². The Bertz CT molecular complexity index is 451. The van der Waals surface area contributed by atoms with Crippen LogP contribution in [0.5, 0.6) is 0 Å². The normalized spacial score (nSPS) is 11.8. The molecule has 0 unspecified atom stereocenters. The van der Waals surface area contributed by atoms with Gasteiger partial charge < -0.3 is 10.4 Å². The number of benzene rings is 1. The zero-order chi connectivity index (χ0) is 13.6. The smallest absolute Gasteiger partial charge is 0.243 e. The third-order valence-corrected chi connectivity index (χ3v) is 4.52. The van der Waals surface area contributed by atoms with Crippen LogP contribution >= 0.6 is 0 Å². The summed E-state index contributed by atoms with van der Waals surface area (Å²) in [5.41, 5.74) is 0.859. The number of hydrogen-bond acceptors (Lipinski definition) is 4. The van der Waals surface area contributed by atoms with Gasteiger partial charge in [0.2, 0.25) is 10.0 Å². The maximum atomic E-state index is 12.3. The first-order valence-electron chi connectivity index (χ1n) is 5.95. The fourth-order valence-corrected chi connectivity index (χ4v) is 3.18. The van der Waals surface area contributed by atoms with Crippen molar-refractivity contribution in [2.75, 3.05) is 32.1 Å². The van der Waals surface area contributed by atoms with E-state index in [1.807, 2.05) is 6.92 Å². The molecule has 0 fully saturated rings. The second kappa shape index (κ2) is 6.72. The minimum atomic E-state index is -3.50. The number of nitrogens with one attached hydrogen (secondary N) is 1. The minimum absolute atomic E-state index is 0.129. The number of rotatable bonds is 7. The molecule has 2 N–H and O–H groups in total. The zero-order valence-corrected chi connectivity index (χ0v) is 11.6. The van der Waals surface area contributed by atoms with E-state index in [9.17, 15) is 8.42 Å². The Hall–Kier alpha value is -1.11. The highest BCUT2D eigenvalue weighted by molar-refractivity contribution is 7.89. The summed E-state index contributed by atoms with van der Waals surface area (Å²) in [4.78, 5) is 0.253. The molecule has 0 bridgehead atoms. The van der Waals surface area contributed by atoms with E-state index in [-0.39, 0.29) is 18.0 Å². The molecule has 1 rings (SSSR count). The number of nitrogens with zero attached hydrogens (tertiary/aromatic N) is 1. The second-order valence-electron chi connectivity index (χ2n) is 3.90. The lowest BCUT2D eigenvalue weighted by atomic mass is 10.3. The van der Waals surface area contributed by atoms with Gasteiger partial charge in [-0.15, -0.1) is 0 Å². The van der Waals surface area contributed by atoms with Crippen molar-refractivity contribution in [3.8, 4) is 0 Å². The van der Waals surface area contributed by atoms with Crippen LogP contribution in [0.15, 0.2) is 29.2 Å². The quantitative estimate of drug-likeness (QED) is 0.780. The molecular weight excluding hydrogens is 252 g/mol. The lowest BCUT2D eigenvalue weighted by molar-refractivity contribution is 0.253. The molecule has 0 atom stereocenters. The molecule has 0 heterocycles. The monoisotopic (exact) mass is 272 g/mol. The van der Waals surface area contributed by atoms with Gasteiger partial charge >= 0.3 is 0 Å². The molecule has 102 valence electrons. The molecule has 0 aliphatic carbocycles. The van der Waals surface area contributed by atoms with Gasteiger partial charge in [0.15, 0.2) is 0 Å². The fraction of sp³-hybridized carbons (Fsp3) is 0.500. The van der Waals surface area contributed by atoms with Gasteiger partial charge in [-0.05, 0) is 30.7 Å². The van der Waals surface area contributed by atoms with Crippen molar-refractivity contribution in [3.05, 3.63) is 24.3 Å². The lowest BCUT2D eigenvalue weighted by Crippen LogP contribution is -2.34. The van der Waals surface area contributed by atoms with E-state index in [2.05, 4.69) is 5.32 Å². The van der Waals surface area contributed by atoms with Crippen LogP contribution in [0.2, 0.25) is 0 Å². The van der Waals surface area contributed by atoms with Gasteiger partial charge in [0.05, 0.1) is 11.5 Å². The van der Waals surface area contributed by atoms with Crippen LogP contribution in [-0.4, -0.2) is 44.6 Å². The first kappa shape index (κ1) is 14.9. The topological polar surface area (TPSA) is 69.6 Å². The number of hydrogen-bond donors (Lipinski definition) is 2. The Morgan fingerprint density at radius 2 is 1.83 bits per heavy atom. The van der Waals surface area contributed by atoms with Crippen LogP contribution in [0.3, 0.4) is 0 Å². The van der Waals surface area contributed by atoms with Crippen molar-refractivity contribution in [1.29, 1.82) is 0 Å². The van der Waals surface area contributed by atoms with Crippen LogP contribution in [0, 0.1) is 0 Å². The Labute approximate surface area is 108 Å². The summed E-state index contributed by atoms with van der Waals surface area (Å²) in [5.74, 6) is 0. The molecule has 0 aliphatic heterocycles. The van der Waals surface area contributed by atoms with E-state index in [0.717, 1.165) is 5.69 Å². The summed E-state index contributed by atoms with van der Waals surface area (Å²) in [6.07, 6.45) is 0.716. The van der Waals surface area contributed by atoms with Gasteiger partial charge in [-0.1, -0.05) is 6.92 Å². The maximum absolute atomic E-state index is 12.3. The van der Waals surface area contributed by atoms with E-state index >= 15 is 0 Å². The Morgan fingerprint density at radius 1 is 1.22 bits per heavy atom. The van der Waals surface area contributed by atoms with Crippen molar-refractivity contribution >= 4 is 15.7 Å². The summed E-state index contributed by atoms with van der Waals surface area (Å²) in [6.45, 7) is 2.28. The number of aliphatic hydroxyl groups is 1. The molecular formula is C12H20N2O3S. The first-order valence-corrected chi connectivity index (χ1v) is 7.39. The summed E-state index contributed by atoms with van der Waals surface area (Å²) < 4.78 is 25.9. The van der Waals surface area contributed by atoms with E-state index in [4.69, 9.17) is 5.11 Å². The van der Waals surface area contributed by atoms with Crippen molar-refractivity contribution in [3.63, 3.8) is 0 Å². The van der Waals surface area contributed by atoms with Gasteiger partial charge in [0.25, 0.3) is 0 Å². The SMILES string of the molecule is CCCN(CCO)S(=O)(=O)c1ccc(NC)cc1. The Kier molecular flexibility index (Phi) is 5.58. The van der Waals surface area contributed by atoms with E-state index in [1.165, 1.54) is 4.31 Å². The maximum Gasteiger partial charge on any atom is 0.243 e. The fourth-order valence-electron chi connectivity index (χ4n) is 1.66. The van der Waals surface area contributed by atoms with E-state index < -0.39 is 10.0 Å². The van der Waals surface area contributed by atoms with Crippen molar-refractivity contribution < 1.29 is 13.5 Å². The first-order chi connectivity index (χ1) is 8.56. The molecule has 0 radical (unpaired) electrons. The number of anilines is 1. The Morgan fingerprint density at radius 3 is 2.28 bits per heavy atom. The standard InChI is InChI=1S/C12H20N2O3S/c1-3-8-14(9-10-15)18(16,17)12-6-4-11(13-2)5-7-12/h4-7,13,15H,3,8-10H2,1-2H3. The van der Waals surface area contributed by atoms with Gasteiger partial charge in [0, 0.05) is 25.8 Å². The highest BCUT2D eigenvalue weighted by atomic mass is 32.2. The third kappa shape index (κ3) is 3.44. The lowest BCUT2D eigenvalue weighted by Gasteiger charge is -2.20. The molecule has 0 amide bonds. The van der Waals surface area contributed by atoms with Gasteiger partial charge in [0.1, 0.15) is 0 Å². The van der Waals surface area contributed by atoms with Crippen LogP contribution in [0.25, 0.3) is 0 Å². The molecule has 1 aromatic carbocycles. The van der Waals surface area contributed by atoms with Crippen molar-refractivity contribution in [2.24, 2.45) is 0 Å². The van der Waals surface area contributed by atoms with E-state index in [0.29, 0.717) is 13.0 Å². The average molecular weight is 272 g/mol. The van der Waals surface area contributed by atoms with Crippen LogP contribution in [0.4, 0.5) is 5.69 Å². The van der Waals surface area contributed by atoms with Crippen molar-refractivity contribution in [2.45, 2.75) is 18.2 Å².